The van der Waals surface area contributed by atoms with Crippen molar-refractivity contribution in [2.45, 2.75) is 104 Å². The maximum absolute atomic E-state index is 3.81. The van der Waals surface area contributed by atoms with Crippen molar-refractivity contribution >= 4 is 0 Å². The van der Waals surface area contributed by atoms with E-state index in [4.69, 9.17) is 0 Å². The molecule has 33 heavy (non-hydrogen) atoms. The van der Waals surface area contributed by atoms with Gasteiger partial charge in [0.15, 0.2) is 0 Å². The highest BCUT2D eigenvalue weighted by molar-refractivity contribution is 5.64. The van der Waals surface area contributed by atoms with Gasteiger partial charge >= 0.3 is 0 Å². The van der Waals surface area contributed by atoms with Gasteiger partial charge in [-0.15, -0.1) is 6.58 Å². The Kier molecular flexibility index (Phi) is 11.3. The molecule has 2 aromatic rings. The van der Waals surface area contributed by atoms with Crippen molar-refractivity contribution < 1.29 is 0 Å². The number of benzene rings is 2. The van der Waals surface area contributed by atoms with Gasteiger partial charge in [-0.05, 0) is 78.5 Å². The van der Waals surface area contributed by atoms with Crippen molar-refractivity contribution in [2.75, 3.05) is 0 Å². The van der Waals surface area contributed by atoms with Gasteiger partial charge in [0.25, 0.3) is 0 Å². The van der Waals surface area contributed by atoms with Gasteiger partial charge in [-0.1, -0.05) is 120 Å². The Balaban J connectivity index is 1.36. The van der Waals surface area contributed by atoms with Crippen LogP contribution in [0, 0.1) is 17.8 Å². The standard InChI is InChI=1S/C33H48/c1-4-5-6-7-11-29-19-23-32(24-20-29)33-25-21-31(22-26-33)18-17-30-15-13-28(14-16-30)12-9-8-10-27(2)3/h4,19-28,30H,1,5-18H2,2-3H3. The second-order valence-corrected chi connectivity index (χ2v) is 11.0. The summed E-state index contributed by atoms with van der Waals surface area (Å²) in [6, 6.07) is 18.6. The fraction of sp³-hybridized carbons (Fsp3) is 0.576. The van der Waals surface area contributed by atoms with Crippen LogP contribution < -0.4 is 0 Å². The molecule has 0 saturated heterocycles. The zero-order valence-electron chi connectivity index (χ0n) is 21.5. The predicted molar refractivity (Wildman–Crippen MR) is 147 cm³/mol. The van der Waals surface area contributed by atoms with Crippen LogP contribution in [0.25, 0.3) is 11.1 Å². The summed E-state index contributed by atoms with van der Waals surface area (Å²) < 4.78 is 0. The molecule has 1 saturated carbocycles. The molecule has 0 unspecified atom stereocenters. The maximum Gasteiger partial charge on any atom is -0.0184 e. The van der Waals surface area contributed by atoms with Crippen LogP contribution in [-0.2, 0) is 12.8 Å². The fourth-order valence-electron chi connectivity index (χ4n) is 5.51. The molecule has 0 spiro atoms. The molecular weight excluding hydrogens is 396 g/mol. The average molecular weight is 445 g/mol. The van der Waals surface area contributed by atoms with E-state index in [0.29, 0.717) is 0 Å². The van der Waals surface area contributed by atoms with Crippen LogP contribution in [0.4, 0.5) is 0 Å². The van der Waals surface area contributed by atoms with Crippen molar-refractivity contribution in [1.82, 2.24) is 0 Å². The van der Waals surface area contributed by atoms with Crippen LogP contribution >= 0.6 is 0 Å². The fourth-order valence-corrected chi connectivity index (χ4v) is 5.51. The lowest BCUT2D eigenvalue weighted by Crippen LogP contribution is -2.15. The third-order valence-corrected chi connectivity index (χ3v) is 7.82. The summed E-state index contributed by atoms with van der Waals surface area (Å²) in [6.45, 7) is 8.51. The third kappa shape index (κ3) is 9.52. The van der Waals surface area contributed by atoms with E-state index in [0.717, 1.165) is 24.2 Å². The van der Waals surface area contributed by atoms with Crippen LogP contribution in [0.15, 0.2) is 61.2 Å². The van der Waals surface area contributed by atoms with Gasteiger partial charge in [0.2, 0.25) is 0 Å². The van der Waals surface area contributed by atoms with E-state index in [2.05, 4.69) is 69.0 Å². The highest BCUT2D eigenvalue weighted by Crippen LogP contribution is 2.34. The zero-order valence-corrected chi connectivity index (χ0v) is 21.5. The van der Waals surface area contributed by atoms with Crippen LogP contribution in [0.5, 0.6) is 0 Å². The smallest absolute Gasteiger partial charge is 0.0184 e. The Labute approximate surface area is 204 Å². The van der Waals surface area contributed by atoms with Gasteiger partial charge in [0.1, 0.15) is 0 Å². The topological polar surface area (TPSA) is 0 Å². The molecule has 2 aromatic carbocycles. The van der Waals surface area contributed by atoms with Crippen LogP contribution in [-0.4, -0.2) is 0 Å². The van der Waals surface area contributed by atoms with Gasteiger partial charge < -0.3 is 0 Å². The third-order valence-electron chi connectivity index (χ3n) is 7.82. The molecule has 0 amide bonds. The summed E-state index contributed by atoms with van der Waals surface area (Å²) in [6.07, 6.45) is 21.1. The predicted octanol–water partition coefficient (Wildman–Crippen LogP) is 10.2. The highest BCUT2D eigenvalue weighted by atomic mass is 14.3. The van der Waals surface area contributed by atoms with Crippen molar-refractivity contribution in [1.29, 1.82) is 0 Å². The lowest BCUT2D eigenvalue weighted by molar-refractivity contribution is 0.248. The summed E-state index contributed by atoms with van der Waals surface area (Å²) in [5.41, 5.74) is 5.64. The van der Waals surface area contributed by atoms with Gasteiger partial charge in [0.05, 0.1) is 0 Å². The number of hydrogen-bond donors (Lipinski definition) is 0. The quantitative estimate of drug-likeness (QED) is 0.201. The van der Waals surface area contributed by atoms with E-state index in [1.165, 1.54) is 106 Å². The van der Waals surface area contributed by atoms with Crippen LogP contribution in [0.3, 0.4) is 0 Å². The zero-order chi connectivity index (χ0) is 23.3. The Hall–Kier alpha value is -1.82. The van der Waals surface area contributed by atoms with E-state index in [1.807, 2.05) is 6.08 Å². The molecule has 0 N–H and O–H groups in total. The molecule has 0 radical (unpaired) electrons. The molecule has 1 aliphatic carbocycles. The minimum absolute atomic E-state index is 0.873. The average Bonchev–Trinajstić information content (AvgIpc) is 2.85. The molecule has 0 atom stereocenters. The molecule has 0 nitrogen and oxygen atoms in total. The first-order chi connectivity index (χ1) is 16.1. The minimum Gasteiger partial charge on any atom is -0.103 e. The second-order valence-electron chi connectivity index (χ2n) is 11.0. The first-order valence-electron chi connectivity index (χ1n) is 13.9. The Bertz CT molecular complexity index is 772. The van der Waals surface area contributed by atoms with Crippen molar-refractivity contribution in [3.63, 3.8) is 0 Å². The van der Waals surface area contributed by atoms with Crippen LogP contribution in [0.1, 0.15) is 102 Å². The molecular formula is C33H48. The number of hydrogen-bond acceptors (Lipinski definition) is 0. The molecule has 0 bridgehead atoms. The van der Waals surface area contributed by atoms with Gasteiger partial charge in [0, 0.05) is 0 Å². The van der Waals surface area contributed by atoms with E-state index in [9.17, 15) is 0 Å². The summed E-state index contributed by atoms with van der Waals surface area (Å²) >= 11 is 0. The lowest BCUT2D eigenvalue weighted by Gasteiger charge is -2.28. The Morgan fingerprint density at radius 2 is 1.24 bits per heavy atom. The summed E-state index contributed by atoms with van der Waals surface area (Å²) in [5, 5.41) is 0. The monoisotopic (exact) mass is 444 g/mol. The first kappa shape index (κ1) is 25.8. The molecule has 180 valence electrons. The summed E-state index contributed by atoms with van der Waals surface area (Å²) in [7, 11) is 0. The number of aryl methyl sites for hydroxylation is 2. The molecule has 0 aromatic heterocycles. The van der Waals surface area contributed by atoms with Gasteiger partial charge in [-0.3, -0.25) is 0 Å². The van der Waals surface area contributed by atoms with Gasteiger partial charge in [-0.2, -0.15) is 0 Å². The second kappa shape index (κ2) is 14.4. The van der Waals surface area contributed by atoms with Crippen molar-refractivity contribution in [2.24, 2.45) is 17.8 Å². The Morgan fingerprint density at radius 3 is 1.79 bits per heavy atom. The van der Waals surface area contributed by atoms with Crippen molar-refractivity contribution in [3.8, 4) is 11.1 Å². The largest absolute Gasteiger partial charge is 0.103 e. The van der Waals surface area contributed by atoms with E-state index in [1.54, 1.807) is 0 Å². The molecule has 0 heterocycles. The lowest BCUT2D eigenvalue weighted by atomic mass is 9.77. The van der Waals surface area contributed by atoms with E-state index >= 15 is 0 Å². The molecule has 1 fully saturated rings. The number of allylic oxidation sites excluding steroid dienone is 1. The summed E-state index contributed by atoms with van der Waals surface area (Å²) in [5.74, 6) is 2.85. The van der Waals surface area contributed by atoms with Gasteiger partial charge in [-0.25, -0.2) is 0 Å². The number of unbranched alkanes of at least 4 members (excludes halogenated alkanes) is 3. The molecule has 0 aliphatic heterocycles. The normalized spacial score (nSPS) is 18.5. The molecule has 1 aliphatic rings. The van der Waals surface area contributed by atoms with Crippen molar-refractivity contribution in [3.05, 3.63) is 72.3 Å². The Morgan fingerprint density at radius 1 is 0.697 bits per heavy atom. The minimum atomic E-state index is 0.873. The maximum atomic E-state index is 3.81. The first-order valence-corrected chi connectivity index (χ1v) is 13.9. The highest BCUT2D eigenvalue weighted by Gasteiger charge is 2.20. The molecule has 3 rings (SSSR count). The number of rotatable bonds is 14. The van der Waals surface area contributed by atoms with E-state index in [-0.39, 0.29) is 0 Å². The SMILES string of the molecule is C=CCCCCc1ccc(-c2ccc(CCC3CCC(CCCCC(C)C)CC3)cc2)cc1. The van der Waals surface area contributed by atoms with E-state index < -0.39 is 0 Å². The molecule has 0 heteroatoms. The summed E-state index contributed by atoms with van der Waals surface area (Å²) in [4.78, 5) is 0. The van der Waals surface area contributed by atoms with Crippen LogP contribution in [0.2, 0.25) is 0 Å².